The molecule has 0 spiro atoms. The molecule has 0 N–H and O–H groups in total. The Morgan fingerprint density at radius 2 is 1.81 bits per heavy atom. The van der Waals surface area contributed by atoms with Gasteiger partial charge in [-0.25, -0.2) is 0 Å². The lowest BCUT2D eigenvalue weighted by atomic mass is 10.1. The number of benzene rings is 2. The summed E-state index contributed by atoms with van der Waals surface area (Å²) in [5, 5.41) is 3.90. The van der Waals surface area contributed by atoms with Crippen LogP contribution in [0.15, 0.2) is 53.1 Å². The van der Waals surface area contributed by atoms with Gasteiger partial charge in [-0.2, -0.15) is 4.98 Å². The normalized spacial score (nSPS) is 10.4. The molecular weight excluding hydrogens is 348 g/mol. The highest BCUT2D eigenvalue weighted by Crippen LogP contribution is 2.25. The van der Waals surface area contributed by atoms with Crippen molar-refractivity contribution < 1.29 is 23.5 Å². The Bertz CT molecular complexity index is 889. The number of hydrogen-bond acceptors (Lipinski definition) is 7. The Kier molecular flexibility index (Phi) is 6.04. The van der Waals surface area contributed by atoms with Gasteiger partial charge in [-0.3, -0.25) is 4.79 Å². The SMILES string of the molecule is COc1ccccc1OCCC(=O)OCc1nc(-c2ccc(C)cc2)no1. The van der Waals surface area contributed by atoms with Gasteiger partial charge in [0.2, 0.25) is 5.82 Å². The number of ether oxygens (including phenoxy) is 3. The van der Waals surface area contributed by atoms with Gasteiger partial charge in [-0.05, 0) is 19.1 Å². The van der Waals surface area contributed by atoms with E-state index in [-0.39, 0.29) is 25.5 Å². The second-order valence-corrected chi connectivity index (χ2v) is 5.79. The van der Waals surface area contributed by atoms with E-state index < -0.39 is 5.97 Å². The van der Waals surface area contributed by atoms with Gasteiger partial charge in [-0.1, -0.05) is 47.1 Å². The molecule has 27 heavy (non-hydrogen) atoms. The van der Waals surface area contributed by atoms with E-state index in [4.69, 9.17) is 18.7 Å². The lowest BCUT2D eigenvalue weighted by Crippen LogP contribution is -2.10. The summed E-state index contributed by atoms with van der Waals surface area (Å²) in [4.78, 5) is 16.1. The van der Waals surface area contributed by atoms with Crippen molar-refractivity contribution in [3.63, 3.8) is 0 Å². The predicted molar refractivity (Wildman–Crippen MR) is 97.4 cm³/mol. The number of para-hydroxylation sites is 2. The molecule has 3 aromatic rings. The van der Waals surface area contributed by atoms with Crippen LogP contribution in [0.1, 0.15) is 17.9 Å². The van der Waals surface area contributed by atoms with Crippen molar-refractivity contribution >= 4 is 5.97 Å². The zero-order chi connectivity index (χ0) is 19.1. The highest BCUT2D eigenvalue weighted by atomic mass is 16.6. The predicted octanol–water partition coefficient (Wildman–Crippen LogP) is 3.57. The molecule has 0 bridgehead atoms. The van der Waals surface area contributed by atoms with Crippen LogP contribution in [0.3, 0.4) is 0 Å². The van der Waals surface area contributed by atoms with Crippen LogP contribution in [0, 0.1) is 6.92 Å². The van der Waals surface area contributed by atoms with Crippen LogP contribution in [-0.2, 0) is 16.1 Å². The molecular formula is C20H20N2O5. The maximum Gasteiger partial charge on any atom is 0.309 e. The number of aromatic nitrogens is 2. The molecule has 2 aromatic carbocycles. The second-order valence-electron chi connectivity index (χ2n) is 5.79. The van der Waals surface area contributed by atoms with E-state index >= 15 is 0 Å². The van der Waals surface area contributed by atoms with E-state index in [1.165, 1.54) is 0 Å². The van der Waals surface area contributed by atoms with Crippen molar-refractivity contribution in [2.75, 3.05) is 13.7 Å². The summed E-state index contributed by atoms with van der Waals surface area (Å²) in [6.45, 7) is 2.10. The monoisotopic (exact) mass is 368 g/mol. The lowest BCUT2D eigenvalue weighted by Gasteiger charge is -2.09. The zero-order valence-electron chi connectivity index (χ0n) is 15.2. The number of nitrogens with zero attached hydrogens (tertiary/aromatic N) is 2. The van der Waals surface area contributed by atoms with E-state index in [0.717, 1.165) is 11.1 Å². The third kappa shape index (κ3) is 5.07. The smallest absolute Gasteiger partial charge is 0.309 e. The van der Waals surface area contributed by atoms with Crippen molar-refractivity contribution in [1.29, 1.82) is 0 Å². The molecule has 0 aliphatic heterocycles. The van der Waals surface area contributed by atoms with Crippen LogP contribution in [0.2, 0.25) is 0 Å². The number of carbonyl (C=O) groups excluding carboxylic acids is 1. The largest absolute Gasteiger partial charge is 0.493 e. The van der Waals surface area contributed by atoms with Crippen LogP contribution in [0.25, 0.3) is 11.4 Å². The van der Waals surface area contributed by atoms with Crippen LogP contribution in [0.4, 0.5) is 0 Å². The fraction of sp³-hybridized carbons (Fsp3) is 0.250. The zero-order valence-corrected chi connectivity index (χ0v) is 15.2. The molecule has 0 radical (unpaired) electrons. The molecule has 7 nitrogen and oxygen atoms in total. The Morgan fingerprint density at radius 3 is 2.56 bits per heavy atom. The number of aryl methyl sites for hydroxylation is 1. The fourth-order valence-corrected chi connectivity index (χ4v) is 2.33. The first-order valence-electron chi connectivity index (χ1n) is 8.47. The third-order valence-corrected chi connectivity index (χ3v) is 3.77. The standard InChI is InChI=1S/C20H20N2O5/c1-14-7-9-15(10-8-14)20-21-18(27-22-20)13-26-19(23)11-12-25-17-6-4-3-5-16(17)24-2/h3-10H,11-13H2,1-2H3. The molecule has 0 aliphatic rings. The summed E-state index contributed by atoms with van der Waals surface area (Å²) in [5.41, 5.74) is 1.99. The Labute approximate surface area is 156 Å². The van der Waals surface area contributed by atoms with Crippen molar-refractivity contribution in [3.8, 4) is 22.9 Å². The molecule has 140 valence electrons. The number of methoxy groups -OCH3 is 1. The van der Waals surface area contributed by atoms with Gasteiger partial charge in [0.15, 0.2) is 18.1 Å². The topological polar surface area (TPSA) is 83.7 Å². The summed E-state index contributed by atoms with van der Waals surface area (Å²) in [6, 6.07) is 15.0. The molecule has 1 heterocycles. The van der Waals surface area contributed by atoms with Gasteiger partial charge in [0.1, 0.15) is 0 Å². The first kappa shape index (κ1) is 18.4. The molecule has 7 heteroatoms. The average Bonchev–Trinajstić information content (AvgIpc) is 3.16. The Balaban J connectivity index is 1.45. The number of rotatable bonds is 8. The van der Waals surface area contributed by atoms with Crippen molar-refractivity contribution in [3.05, 3.63) is 60.0 Å². The summed E-state index contributed by atoms with van der Waals surface area (Å²) in [6.07, 6.45) is 0.0943. The third-order valence-electron chi connectivity index (χ3n) is 3.77. The van der Waals surface area contributed by atoms with Crippen molar-refractivity contribution in [2.24, 2.45) is 0 Å². The molecule has 0 saturated carbocycles. The average molecular weight is 368 g/mol. The first-order chi connectivity index (χ1) is 13.2. The van der Waals surface area contributed by atoms with Crippen LogP contribution in [0.5, 0.6) is 11.5 Å². The molecule has 0 aliphatic carbocycles. The minimum atomic E-state index is -0.417. The van der Waals surface area contributed by atoms with Gasteiger partial charge < -0.3 is 18.7 Å². The number of hydrogen-bond donors (Lipinski definition) is 0. The van der Waals surface area contributed by atoms with E-state index in [9.17, 15) is 4.79 Å². The van der Waals surface area contributed by atoms with E-state index in [2.05, 4.69) is 10.1 Å². The molecule has 0 unspecified atom stereocenters. The Hall–Kier alpha value is -3.35. The molecule has 0 saturated heterocycles. The van der Waals surface area contributed by atoms with E-state index in [1.54, 1.807) is 19.2 Å². The van der Waals surface area contributed by atoms with Gasteiger partial charge in [0.05, 0.1) is 20.1 Å². The van der Waals surface area contributed by atoms with E-state index in [1.807, 2.05) is 43.3 Å². The maximum absolute atomic E-state index is 11.9. The number of esters is 1. The maximum atomic E-state index is 11.9. The van der Waals surface area contributed by atoms with Crippen LogP contribution < -0.4 is 9.47 Å². The lowest BCUT2D eigenvalue weighted by molar-refractivity contribution is -0.146. The van der Waals surface area contributed by atoms with E-state index in [0.29, 0.717) is 17.3 Å². The summed E-state index contributed by atoms with van der Waals surface area (Å²) >= 11 is 0. The molecule has 0 atom stereocenters. The summed E-state index contributed by atoms with van der Waals surface area (Å²) in [7, 11) is 1.56. The first-order valence-corrected chi connectivity index (χ1v) is 8.47. The Morgan fingerprint density at radius 1 is 1.07 bits per heavy atom. The molecule has 1 aromatic heterocycles. The van der Waals surface area contributed by atoms with Gasteiger partial charge >= 0.3 is 5.97 Å². The molecule has 0 amide bonds. The van der Waals surface area contributed by atoms with Crippen LogP contribution >= 0.6 is 0 Å². The summed E-state index contributed by atoms with van der Waals surface area (Å²) < 4.78 is 21.0. The molecule has 3 rings (SSSR count). The minimum Gasteiger partial charge on any atom is -0.493 e. The van der Waals surface area contributed by atoms with Gasteiger partial charge in [-0.15, -0.1) is 0 Å². The highest BCUT2D eigenvalue weighted by molar-refractivity contribution is 5.69. The van der Waals surface area contributed by atoms with Crippen LogP contribution in [-0.4, -0.2) is 29.8 Å². The minimum absolute atomic E-state index is 0.0770. The van der Waals surface area contributed by atoms with Crippen molar-refractivity contribution in [2.45, 2.75) is 20.0 Å². The van der Waals surface area contributed by atoms with Crippen molar-refractivity contribution in [1.82, 2.24) is 10.1 Å². The fourth-order valence-electron chi connectivity index (χ4n) is 2.33. The van der Waals surface area contributed by atoms with Gasteiger partial charge in [0, 0.05) is 5.56 Å². The van der Waals surface area contributed by atoms with Gasteiger partial charge in [0.25, 0.3) is 5.89 Å². The molecule has 0 fully saturated rings. The number of carbonyl (C=O) groups is 1. The second kappa shape index (κ2) is 8.84. The highest BCUT2D eigenvalue weighted by Gasteiger charge is 2.12. The quantitative estimate of drug-likeness (QED) is 0.562. The summed E-state index contributed by atoms with van der Waals surface area (Å²) in [5.74, 6) is 1.47.